The van der Waals surface area contributed by atoms with Crippen LogP contribution in [-0.2, 0) is 20.1 Å². The first-order chi connectivity index (χ1) is 0. The number of rotatable bonds is 0. The van der Waals surface area contributed by atoms with Gasteiger partial charge in [0.25, 0.3) is 0 Å². The Bertz CT molecular complexity index is 7.51. The molecule has 0 N–H and O–H groups in total. The fraction of sp³-hybridized carbons (Fsp3) is 0. The van der Waals surface area contributed by atoms with E-state index in [4.69, 9.17) is 0 Å². The van der Waals surface area contributed by atoms with Crippen molar-refractivity contribution in [3.05, 3.63) is 29.7 Å². The van der Waals surface area contributed by atoms with Crippen molar-refractivity contribution in [3.8, 4) is 0 Å². The van der Waals surface area contributed by atoms with Gasteiger partial charge in [0.1, 0.15) is 0 Å². The predicted octanol–water partition coefficient (Wildman–Crippen LogP) is 1.86. The molecule has 0 saturated heterocycles. The Morgan fingerprint density at radius 2 is 0.500 bits per heavy atom. The van der Waals surface area contributed by atoms with Gasteiger partial charge in [-0.15, -0.1) is 0 Å². The Kier molecular flexibility index (Phi) is 5040. The van der Waals surface area contributed by atoms with Crippen LogP contribution in [0.25, 0.3) is 0 Å². The normalized spacial score (nSPS) is 0. The first-order valence-corrected chi connectivity index (χ1v) is 0. The van der Waals surface area contributed by atoms with E-state index in [1.807, 2.05) is 0 Å². The van der Waals surface area contributed by atoms with Crippen LogP contribution in [0.1, 0.15) is 0 Å². The molecule has 0 aromatic heterocycles. The summed E-state index contributed by atoms with van der Waals surface area (Å²) in [5, 5.41) is 0. The van der Waals surface area contributed by atoms with Gasteiger partial charge in [0.15, 0.2) is 0 Å². The molecule has 1 unspecified atom stereocenters. The van der Waals surface area contributed by atoms with Crippen molar-refractivity contribution in [1.29, 1.82) is 0 Å². The minimum atomic E-state index is 0. The zero-order valence-electron chi connectivity index (χ0n) is 5.04. The van der Waals surface area contributed by atoms with Crippen LogP contribution in [0.2, 0.25) is 0 Å². The van der Waals surface area contributed by atoms with Crippen molar-refractivity contribution < 1.29 is 20.1 Å². The summed E-state index contributed by atoms with van der Waals surface area (Å²) >= 11 is 0. The fourth-order valence-corrected chi connectivity index (χ4v) is 0. The average Bonchev–Trinajstić information content (AvgIpc) is 0. The van der Waals surface area contributed by atoms with Crippen molar-refractivity contribution in [2.45, 2.75) is 0 Å². The molecular weight excluding hydrogens is 271 g/mol. The monoisotopic (exact) mass is 287 g/mol. The predicted molar refractivity (Wildman–Crippen MR) is 36.8 cm³/mol. The van der Waals surface area contributed by atoms with Crippen molar-refractivity contribution in [3.63, 3.8) is 0 Å². The third-order valence-electron chi connectivity index (χ3n) is 0. The second-order valence-corrected chi connectivity index (χ2v) is 0. The van der Waals surface area contributed by atoms with Crippen LogP contribution in [0.5, 0.6) is 0 Å². The molecule has 0 aliphatic rings. The van der Waals surface area contributed by atoms with Crippen LogP contribution in [0.3, 0.4) is 0 Å². The maximum Gasteiger partial charge on any atom is 0 e. The second-order valence-electron chi connectivity index (χ2n) is 0. The van der Waals surface area contributed by atoms with Crippen molar-refractivity contribution in [2.24, 2.45) is 0 Å². The zero-order chi connectivity index (χ0) is 0. The van der Waals surface area contributed by atoms with Gasteiger partial charge >= 0.3 is 0 Å². The molecule has 0 aliphatic heterocycles. The summed E-state index contributed by atoms with van der Waals surface area (Å²) in [7, 11) is 0. The summed E-state index contributed by atoms with van der Waals surface area (Å²) in [6.45, 7) is 0. The van der Waals surface area contributed by atoms with Gasteiger partial charge < -0.3 is 29.7 Å². The Hall–Kier alpha value is 1.08. The maximum atomic E-state index is 0. The molecule has 6 heavy (non-hydrogen) atoms. The number of hydrogen-bond acceptors (Lipinski definition) is 0. The molecule has 0 heterocycles. The first-order valence-electron chi connectivity index (χ1n) is 0. The van der Waals surface area contributed by atoms with Gasteiger partial charge in [0.2, 0.25) is 0 Å². The van der Waals surface area contributed by atoms with E-state index < -0.39 is 0 Å². The molecule has 0 aromatic rings. The van der Waals surface area contributed by atoms with Crippen LogP contribution in [0, 0.1) is 29.7 Å². The molecule has 0 nitrogen and oxygen atoms in total. The summed E-state index contributed by atoms with van der Waals surface area (Å²) in [5.74, 6) is 0. The van der Waals surface area contributed by atoms with Gasteiger partial charge in [0.05, 0.1) is 0 Å². The van der Waals surface area contributed by atoms with Crippen LogP contribution in [0.15, 0.2) is 0 Å². The SMILES string of the molecule is P.[CH3-].[CH3-].[CH3-].[CH3-].[Ir]. The molecule has 2 heteroatoms. The Balaban J connectivity index is 0. The van der Waals surface area contributed by atoms with E-state index in [-0.39, 0.29) is 59.7 Å². The van der Waals surface area contributed by atoms with Crippen LogP contribution in [0.4, 0.5) is 0 Å². The van der Waals surface area contributed by atoms with Gasteiger partial charge in [-0.05, 0) is 0 Å². The molecule has 0 amide bonds. The van der Waals surface area contributed by atoms with Gasteiger partial charge in [0, 0.05) is 20.1 Å². The minimum Gasteiger partial charge on any atom is -0.358 e. The number of hydrogen-bond donors (Lipinski definition) is 0. The molecule has 0 aliphatic carbocycles. The van der Waals surface area contributed by atoms with Crippen LogP contribution in [-0.4, -0.2) is 0 Å². The van der Waals surface area contributed by atoms with Crippen LogP contribution < -0.4 is 0 Å². The summed E-state index contributed by atoms with van der Waals surface area (Å²) in [6, 6.07) is 0. The van der Waals surface area contributed by atoms with E-state index in [0.717, 1.165) is 0 Å². The van der Waals surface area contributed by atoms with E-state index in [9.17, 15) is 0 Å². The van der Waals surface area contributed by atoms with Gasteiger partial charge in [-0.2, -0.15) is 9.90 Å². The van der Waals surface area contributed by atoms with Crippen LogP contribution >= 0.6 is 9.90 Å². The first kappa shape index (κ1) is 225. The molecule has 0 saturated carbocycles. The topological polar surface area (TPSA) is 0 Å². The molecule has 0 rings (SSSR count). The van der Waals surface area contributed by atoms with E-state index in [1.54, 1.807) is 0 Å². The molecule has 49 valence electrons. The molecule has 0 aromatic carbocycles. The van der Waals surface area contributed by atoms with Crippen molar-refractivity contribution >= 4 is 9.90 Å². The summed E-state index contributed by atoms with van der Waals surface area (Å²) in [5.41, 5.74) is 0. The van der Waals surface area contributed by atoms with E-state index in [0.29, 0.717) is 0 Å². The minimum absolute atomic E-state index is 0. The Morgan fingerprint density at radius 3 is 0.500 bits per heavy atom. The summed E-state index contributed by atoms with van der Waals surface area (Å²) in [4.78, 5) is 0. The van der Waals surface area contributed by atoms with Gasteiger partial charge in [-0.3, -0.25) is 0 Å². The molecule has 0 fully saturated rings. The molecule has 0 bridgehead atoms. The standard InChI is InChI=1S/4CH3.Ir.H3P/h4*1H3;;1H3/q4*-1;;. The third kappa shape index (κ3) is 72.6. The van der Waals surface area contributed by atoms with Crippen molar-refractivity contribution in [2.75, 3.05) is 0 Å². The van der Waals surface area contributed by atoms with Gasteiger partial charge in [-0.1, -0.05) is 0 Å². The second kappa shape index (κ2) is 135. The molecule has 1 atom stereocenters. The molecule has 0 spiro atoms. The zero-order valence-corrected chi connectivity index (χ0v) is 8.85. The third-order valence-corrected chi connectivity index (χ3v) is 0. The summed E-state index contributed by atoms with van der Waals surface area (Å²) < 4.78 is 0. The Labute approximate surface area is 60.1 Å². The van der Waals surface area contributed by atoms with E-state index >= 15 is 0 Å². The van der Waals surface area contributed by atoms with Gasteiger partial charge in [-0.25, -0.2) is 0 Å². The average molecular weight is 286 g/mol. The van der Waals surface area contributed by atoms with E-state index in [1.165, 1.54) is 0 Å². The fourth-order valence-electron chi connectivity index (χ4n) is 0. The quantitative estimate of drug-likeness (QED) is 0.471. The maximum absolute atomic E-state index is 0. The largest absolute Gasteiger partial charge is 0.358 e. The van der Waals surface area contributed by atoms with Crippen molar-refractivity contribution in [1.82, 2.24) is 0 Å². The smallest absolute Gasteiger partial charge is 0 e. The molecule has 1 radical (unpaired) electrons. The Morgan fingerprint density at radius 1 is 0.500 bits per heavy atom. The molecular formula is C4H15IrP-4. The summed E-state index contributed by atoms with van der Waals surface area (Å²) in [6.07, 6.45) is 0. The van der Waals surface area contributed by atoms with E-state index in [2.05, 4.69) is 0 Å².